The maximum absolute atomic E-state index is 11.8. The van der Waals surface area contributed by atoms with Crippen LogP contribution in [0.1, 0.15) is 18.7 Å². The Labute approximate surface area is 134 Å². The van der Waals surface area contributed by atoms with Crippen LogP contribution in [0.25, 0.3) is 16.7 Å². The van der Waals surface area contributed by atoms with Crippen LogP contribution in [0.5, 0.6) is 0 Å². The van der Waals surface area contributed by atoms with Gasteiger partial charge in [0.05, 0.1) is 11.0 Å². The number of hydrogen-bond donors (Lipinski definition) is 2. The molecule has 3 aromatic rings. The minimum Gasteiger partial charge on any atom is -0.335 e. The van der Waals surface area contributed by atoms with Crippen molar-refractivity contribution in [1.82, 2.24) is 14.9 Å². The summed E-state index contributed by atoms with van der Waals surface area (Å²) in [5.74, 6) is 0.922. The minimum atomic E-state index is -0.147. The molecule has 1 aromatic heterocycles. The first-order valence-corrected chi connectivity index (χ1v) is 7.83. The average molecular weight is 306 g/mol. The second-order valence-electron chi connectivity index (χ2n) is 5.91. The average Bonchev–Trinajstić information content (AvgIpc) is 3.28. The molecule has 1 aliphatic carbocycles. The van der Waals surface area contributed by atoms with Crippen molar-refractivity contribution in [3.63, 3.8) is 0 Å². The second-order valence-corrected chi connectivity index (χ2v) is 5.91. The lowest BCUT2D eigenvalue weighted by Gasteiger charge is -2.08. The van der Waals surface area contributed by atoms with Gasteiger partial charge in [0.15, 0.2) is 0 Å². The van der Waals surface area contributed by atoms with Crippen LogP contribution in [-0.2, 0) is 0 Å². The van der Waals surface area contributed by atoms with E-state index in [0.29, 0.717) is 6.04 Å². The number of para-hydroxylation sites is 1. The number of nitrogens with zero attached hydrogens (tertiary/aromatic N) is 2. The Hall–Kier alpha value is -2.82. The number of carbonyl (C=O) groups is 1. The van der Waals surface area contributed by atoms with Gasteiger partial charge < -0.3 is 10.6 Å². The highest BCUT2D eigenvalue weighted by molar-refractivity contribution is 5.92. The van der Waals surface area contributed by atoms with Crippen LogP contribution in [0.3, 0.4) is 0 Å². The number of benzene rings is 2. The molecule has 1 saturated carbocycles. The van der Waals surface area contributed by atoms with Gasteiger partial charge in [0.25, 0.3) is 0 Å². The lowest BCUT2D eigenvalue weighted by molar-refractivity contribution is 0.251. The maximum atomic E-state index is 11.8. The highest BCUT2D eigenvalue weighted by atomic mass is 16.2. The number of aromatic nitrogens is 2. The van der Waals surface area contributed by atoms with Gasteiger partial charge in [-0.1, -0.05) is 18.2 Å². The standard InChI is InChI=1S/C18H18N4O/c1-12-19-16-11-14(21-18(23)20-13-7-8-13)9-10-17(16)22(12)15-5-3-2-4-6-15/h2-6,9-11,13H,7-8H2,1H3,(H2,20,21,23). The molecule has 1 heterocycles. The highest BCUT2D eigenvalue weighted by Gasteiger charge is 2.23. The summed E-state index contributed by atoms with van der Waals surface area (Å²) in [4.78, 5) is 16.5. The molecule has 0 atom stereocenters. The third kappa shape index (κ3) is 2.77. The molecule has 0 aliphatic heterocycles. The van der Waals surface area contributed by atoms with Crippen LogP contribution in [0.15, 0.2) is 48.5 Å². The van der Waals surface area contributed by atoms with Crippen LogP contribution >= 0.6 is 0 Å². The molecule has 0 bridgehead atoms. The first-order valence-electron chi connectivity index (χ1n) is 7.83. The molecular weight excluding hydrogens is 288 g/mol. The molecule has 2 amide bonds. The number of amides is 2. The van der Waals surface area contributed by atoms with E-state index in [1.165, 1.54) is 0 Å². The molecule has 1 aliphatic rings. The van der Waals surface area contributed by atoms with E-state index in [1.807, 2.05) is 43.3 Å². The molecule has 0 spiro atoms. The number of imidazole rings is 1. The maximum Gasteiger partial charge on any atom is 0.319 e. The molecule has 1 fully saturated rings. The van der Waals surface area contributed by atoms with Crippen molar-refractivity contribution in [3.05, 3.63) is 54.4 Å². The Morgan fingerprint density at radius 2 is 1.96 bits per heavy atom. The van der Waals surface area contributed by atoms with Gasteiger partial charge in [0, 0.05) is 17.4 Å². The zero-order valence-corrected chi connectivity index (χ0v) is 12.9. The van der Waals surface area contributed by atoms with Gasteiger partial charge in [-0.15, -0.1) is 0 Å². The predicted molar refractivity (Wildman–Crippen MR) is 91.0 cm³/mol. The summed E-state index contributed by atoms with van der Waals surface area (Å²) in [7, 11) is 0. The molecule has 2 N–H and O–H groups in total. The molecule has 0 saturated heterocycles. The molecule has 2 aromatic carbocycles. The number of hydrogen-bond acceptors (Lipinski definition) is 2. The molecule has 0 radical (unpaired) electrons. The topological polar surface area (TPSA) is 59.0 Å². The fraction of sp³-hybridized carbons (Fsp3) is 0.222. The fourth-order valence-electron chi connectivity index (χ4n) is 2.76. The van der Waals surface area contributed by atoms with E-state index in [0.717, 1.165) is 41.1 Å². The van der Waals surface area contributed by atoms with Crippen molar-refractivity contribution in [1.29, 1.82) is 0 Å². The van der Waals surface area contributed by atoms with E-state index < -0.39 is 0 Å². The smallest absolute Gasteiger partial charge is 0.319 e. The van der Waals surface area contributed by atoms with E-state index in [9.17, 15) is 4.79 Å². The van der Waals surface area contributed by atoms with Gasteiger partial charge in [-0.2, -0.15) is 0 Å². The van der Waals surface area contributed by atoms with Gasteiger partial charge in [0.2, 0.25) is 0 Å². The largest absolute Gasteiger partial charge is 0.335 e. The van der Waals surface area contributed by atoms with Gasteiger partial charge in [-0.25, -0.2) is 9.78 Å². The summed E-state index contributed by atoms with van der Waals surface area (Å²) in [6.45, 7) is 1.99. The number of aryl methyl sites for hydroxylation is 1. The van der Waals surface area contributed by atoms with Crippen LogP contribution in [0.2, 0.25) is 0 Å². The summed E-state index contributed by atoms with van der Waals surface area (Å²) in [6, 6.07) is 16.2. The quantitative estimate of drug-likeness (QED) is 0.776. The number of fused-ring (bicyclic) bond motifs is 1. The molecule has 5 nitrogen and oxygen atoms in total. The van der Waals surface area contributed by atoms with E-state index in [-0.39, 0.29) is 6.03 Å². The van der Waals surface area contributed by atoms with Gasteiger partial charge in [0.1, 0.15) is 5.82 Å². The summed E-state index contributed by atoms with van der Waals surface area (Å²) in [6.07, 6.45) is 2.15. The van der Waals surface area contributed by atoms with Crippen molar-refractivity contribution < 1.29 is 4.79 Å². The van der Waals surface area contributed by atoms with Crippen LogP contribution in [0.4, 0.5) is 10.5 Å². The molecule has 0 unspecified atom stereocenters. The van der Waals surface area contributed by atoms with Crippen LogP contribution in [0, 0.1) is 6.92 Å². The van der Waals surface area contributed by atoms with Gasteiger partial charge in [-0.3, -0.25) is 4.57 Å². The Balaban J connectivity index is 1.66. The summed E-state index contributed by atoms with van der Waals surface area (Å²) < 4.78 is 2.11. The number of anilines is 1. The van der Waals surface area contributed by atoms with Crippen molar-refractivity contribution in [2.45, 2.75) is 25.8 Å². The monoisotopic (exact) mass is 306 g/mol. The Morgan fingerprint density at radius 3 is 2.70 bits per heavy atom. The number of nitrogens with one attached hydrogen (secondary N) is 2. The minimum absolute atomic E-state index is 0.147. The molecule has 4 rings (SSSR count). The van der Waals surface area contributed by atoms with E-state index >= 15 is 0 Å². The zero-order chi connectivity index (χ0) is 15.8. The van der Waals surface area contributed by atoms with E-state index in [4.69, 9.17) is 0 Å². The molecular formula is C18H18N4O. The number of urea groups is 1. The summed E-state index contributed by atoms with van der Waals surface area (Å²) in [5, 5.41) is 5.79. The Kier molecular flexibility index (Phi) is 3.26. The Bertz CT molecular complexity index is 865. The number of carbonyl (C=O) groups excluding carboxylic acids is 1. The third-order valence-corrected chi connectivity index (χ3v) is 4.01. The highest BCUT2D eigenvalue weighted by Crippen LogP contribution is 2.24. The van der Waals surface area contributed by atoms with Crippen LogP contribution in [-0.4, -0.2) is 21.6 Å². The first kappa shape index (κ1) is 13.8. The molecule has 5 heteroatoms. The van der Waals surface area contributed by atoms with Gasteiger partial charge in [-0.05, 0) is 50.1 Å². The first-order chi connectivity index (χ1) is 11.2. The van der Waals surface area contributed by atoms with Gasteiger partial charge >= 0.3 is 6.03 Å². The number of rotatable bonds is 3. The van der Waals surface area contributed by atoms with Crippen molar-refractivity contribution in [3.8, 4) is 5.69 Å². The van der Waals surface area contributed by atoms with Crippen molar-refractivity contribution >= 4 is 22.8 Å². The normalized spacial score (nSPS) is 14.0. The lowest BCUT2D eigenvalue weighted by Crippen LogP contribution is -2.30. The fourth-order valence-corrected chi connectivity index (χ4v) is 2.76. The second kappa shape index (κ2) is 5.43. The molecule has 23 heavy (non-hydrogen) atoms. The van der Waals surface area contributed by atoms with E-state index in [2.05, 4.69) is 32.3 Å². The summed E-state index contributed by atoms with van der Waals surface area (Å²) in [5.41, 5.74) is 3.74. The molecule has 116 valence electrons. The lowest BCUT2D eigenvalue weighted by atomic mass is 10.2. The van der Waals surface area contributed by atoms with Crippen molar-refractivity contribution in [2.75, 3.05) is 5.32 Å². The SMILES string of the molecule is Cc1nc2cc(NC(=O)NC3CC3)ccc2n1-c1ccccc1. The van der Waals surface area contributed by atoms with Crippen LogP contribution < -0.4 is 10.6 Å². The van der Waals surface area contributed by atoms with E-state index in [1.54, 1.807) is 0 Å². The van der Waals surface area contributed by atoms with Crippen molar-refractivity contribution in [2.24, 2.45) is 0 Å². The third-order valence-electron chi connectivity index (χ3n) is 4.01. The zero-order valence-electron chi connectivity index (χ0n) is 12.9. The Morgan fingerprint density at radius 1 is 1.17 bits per heavy atom. The summed E-state index contributed by atoms with van der Waals surface area (Å²) >= 11 is 0. The predicted octanol–water partition coefficient (Wildman–Crippen LogP) is 3.62.